The van der Waals surface area contributed by atoms with Crippen LogP contribution in [0, 0.1) is 0 Å². The summed E-state index contributed by atoms with van der Waals surface area (Å²) in [5, 5.41) is 0. The molecule has 0 unspecified atom stereocenters. The molecule has 2 aliphatic heterocycles. The standard InChI is InChI=1S/C20H22N4O2S2/c1-3-13(2)24-19(26)15(28-20(24)27)12-14-17(22-9-6-7-10-22)21-16-8-4-5-11-23(16)18(14)25/h4-5,8,11-13H,3,6-7,9-10H2,1-2H3/b15-12-/t13-/m1/s1. The molecule has 0 saturated carbocycles. The van der Waals surface area contributed by atoms with E-state index in [0.717, 1.165) is 32.4 Å². The predicted molar refractivity (Wildman–Crippen MR) is 118 cm³/mol. The number of rotatable bonds is 4. The fourth-order valence-corrected chi connectivity index (χ4v) is 5.00. The Morgan fingerprint density at radius 2 is 2.04 bits per heavy atom. The van der Waals surface area contributed by atoms with Crippen LogP contribution in [0.5, 0.6) is 0 Å². The van der Waals surface area contributed by atoms with E-state index in [1.54, 1.807) is 23.2 Å². The average molecular weight is 415 g/mol. The number of anilines is 1. The largest absolute Gasteiger partial charge is 0.356 e. The van der Waals surface area contributed by atoms with Crippen LogP contribution in [0.1, 0.15) is 38.7 Å². The number of thioether (sulfide) groups is 1. The van der Waals surface area contributed by atoms with Crippen molar-refractivity contribution in [2.45, 2.75) is 39.2 Å². The normalized spacial score (nSPS) is 20.0. The molecule has 8 heteroatoms. The zero-order valence-corrected chi connectivity index (χ0v) is 17.6. The Hall–Kier alpha value is -2.19. The van der Waals surface area contributed by atoms with E-state index in [-0.39, 0.29) is 17.5 Å². The third-order valence-electron chi connectivity index (χ3n) is 5.29. The summed E-state index contributed by atoms with van der Waals surface area (Å²) in [4.78, 5) is 35.2. The van der Waals surface area contributed by atoms with Gasteiger partial charge in [-0.25, -0.2) is 4.98 Å². The van der Waals surface area contributed by atoms with Gasteiger partial charge in [0.15, 0.2) is 0 Å². The van der Waals surface area contributed by atoms with E-state index in [4.69, 9.17) is 17.2 Å². The summed E-state index contributed by atoms with van der Waals surface area (Å²) in [6, 6.07) is 5.53. The number of hydrogen-bond donors (Lipinski definition) is 0. The highest BCUT2D eigenvalue weighted by Gasteiger charge is 2.35. The molecule has 2 aliphatic rings. The molecule has 1 atom stereocenters. The van der Waals surface area contributed by atoms with Crippen LogP contribution in [-0.4, -0.2) is 43.6 Å². The van der Waals surface area contributed by atoms with Gasteiger partial charge in [-0.3, -0.25) is 18.9 Å². The lowest BCUT2D eigenvalue weighted by Crippen LogP contribution is -2.36. The van der Waals surface area contributed by atoms with Crippen LogP contribution in [-0.2, 0) is 4.79 Å². The SMILES string of the molecule is CC[C@@H](C)N1C(=O)/C(=C/c2c(N3CCCC3)nc3ccccn3c2=O)SC1=S. The van der Waals surface area contributed by atoms with Crippen LogP contribution >= 0.6 is 24.0 Å². The number of carbonyl (C=O) groups excluding carboxylic acids is 1. The molecule has 0 aromatic carbocycles. The minimum Gasteiger partial charge on any atom is -0.356 e. The number of aromatic nitrogens is 2. The second-order valence-electron chi connectivity index (χ2n) is 7.09. The van der Waals surface area contributed by atoms with Gasteiger partial charge in [0.2, 0.25) is 0 Å². The molecule has 4 rings (SSSR count). The van der Waals surface area contributed by atoms with Gasteiger partial charge in [0.1, 0.15) is 15.8 Å². The second kappa shape index (κ2) is 7.67. The summed E-state index contributed by atoms with van der Waals surface area (Å²) in [5.74, 6) is 0.525. The monoisotopic (exact) mass is 414 g/mol. The van der Waals surface area contributed by atoms with E-state index >= 15 is 0 Å². The Labute approximate surface area is 173 Å². The molecule has 2 saturated heterocycles. The van der Waals surface area contributed by atoms with Crippen LogP contribution in [0.2, 0.25) is 0 Å². The highest BCUT2D eigenvalue weighted by Crippen LogP contribution is 2.35. The van der Waals surface area contributed by atoms with Crippen molar-refractivity contribution in [3.8, 4) is 0 Å². The van der Waals surface area contributed by atoms with E-state index in [9.17, 15) is 9.59 Å². The molecule has 28 heavy (non-hydrogen) atoms. The van der Waals surface area contributed by atoms with Crippen LogP contribution in [0.3, 0.4) is 0 Å². The van der Waals surface area contributed by atoms with Crippen molar-refractivity contribution in [3.63, 3.8) is 0 Å². The van der Waals surface area contributed by atoms with E-state index < -0.39 is 0 Å². The maximum Gasteiger partial charge on any atom is 0.267 e. The summed E-state index contributed by atoms with van der Waals surface area (Å²) in [7, 11) is 0. The van der Waals surface area contributed by atoms with Crippen molar-refractivity contribution in [1.82, 2.24) is 14.3 Å². The smallest absolute Gasteiger partial charge is 0.267 e. The second-order valence-corrected chi connectivity index (χ2v) is 8.76. The minimum atomic E-state index is -0.165. The fourth-order valence-electron chi connectivity index (χ4n) is 3.56. The number of thiocarbonyl (C=S) groups is 1. The van der Waals surface area contributed by atoms with Gasteiger partial charge in [0.25, 0.3) is 11.5 Å². The Morgan fingerprint density at radius 3 is 2.75 bits per heavy atom. The van der Waals surface area contributed by atoms with Crippen LogP contribution in [0.25, 0.3) is 11.7 Å². The average Bonchev–Trinajstić information content (AvgIpc) is 3.32. The zero-order chi connectivity index (χ0) is 19.8. The number of amides is 1. The number of nitrogens with zero attached hydrogens (tertiary/aromatic N) is 4. The van der Waals surface area contributed by atoms with Crippen molar-refractivity contribution in [2.24, 2.45) is 0 Å². The Kier molecular flexibility index (Phi) is 5.25. The van der Waals surface area contributed by atoms with Gasteiger partial charge < -0.3 is 4.90 Å². The van der Waals surface area contributed by atoms with Crippen molar-refractivity contribution >= 4 is 51.7 Å². The molecular formula is C20H22N4O2S2. The number of hydrogen-bond acceptors (Lipinski definition) is 6. The molecule has 1 amide bonds. The first-order valence-electron chi connectivity index (χ1n) is 9.54. The maximum absolute atomic E-state index is 13.2. The number of pyridine rings is 1. The molecule has 0 aliphatic carbocycles. The minimum absolute atomic E-state index is 0.0345. The summed E-state index contributed by atoms with van der Waals surface area (Å²) < 4.78 is 2.07. The highest BCUT2D eigenvalue weighted by molar-refractivity contribution is 8.26. The number of fused-ring (bicyclic) bond motifs is 1. The van der Waals surface area contributed by atoms with Gasteiger partial charge in [-0.1, -0.05) is 37.0 Å². The van der Waals surface area contributed by atoms with E-state index in [0.29, 0.717) is 26.3 Å². The molecular weight excluding hydrogens is 392 g/mol. The summed E-state index contributed by atoms with van der Waals surface area (Å²) in [5.41, 5.74) is 0.898. The molecule has 0 radical (unpaired) electrons. The molecule has 0 bridgehead atoms. The van der Waals surface area contributed by atoms with Crippen LogP contribution in [0.4, 0.5) is 5.82 Å². The molecule has 0 spiro atoms. The van der Waals surface area contributed by atoms with Gasteiger partial charge in [-0.15, -0.1) is 0 Å². The van der Waals surface area contributed by atoms with Crippen LogP contribution in [0.15, 0.2) is 34.1 Å². The Bertz CT molecular complexity index is 1040. The lowest BCUT2D eigenvalue weighted by atomic mass is 10.2. The van der Waals surface area contributed by atoms with Crippen molar-refractivity contribution < 1.29 is 4.79 Å². The quantitative estimate of drug-likeness (QED) is 0.565. The first-order chi connectivity index (χ1) is 13.5. The number of carbonyl (C=O) groups is 1. The summed E-state index contributed by atoms with van der Waals surface area (Å²) in [6.45, 7) is 5.74. The van der Waals surface area contributed by atoms with E-state index in [1.807, 2.05) is 26.0 Å². The highest BCUT2D eigenvalue weighted by atomic mass is 32.2. The molecule has 0 N–H and O–H groups in total. The van der Waals surface area contributed by atoms with Gasteiger partial charge in [0, 0.05) is 25.3 Å². The molecule has 2 fully saturated rings. The fraction of sp³-hybridized carbons (Fsp3) is 0.400. The van der Waals surface area contributed by atoms with Gasteiger partial charge in [0.05, 0.1) is 10.5 Å². The molecule has 2 aromatic heterocycles. The Balaban J connectivity index is 1.86. The maximum atomic E-state index is 13.2. The summed E-state index contributed by atoms with van der Waals surface area (Å²) in [6.07, 6.45) is 6.36. The van der Waals surface area contributed by atoms with Crippen molar-refractivity contribution in [1.29, 1.82) is 0 Å². The van der Waals surface area contributed by atoms with Gasteiger partial charge >= 0.3 is 0 Å². The van der Waals surface area contributed by atoms with Gasteiger partial charge in [-0.2, -0.15) is 0 Å². The van der Waals surface area contributed by atoms with E-state index in [1.165, 1.54) is 16.2 Å². The topological polar surface area (TPSA) is 57.9 Å². The first kappa shape index (κ1) is 19.1. The molecule has 2 aromatic rings. The lowest BCUT2D eigenvalue weighted by molar-refractivity contribution is -0.123. The summed E-state index contributed by atoms with van der Waals surface area (Å²) >= 11 is 6.68. The zero-order valence-electron chi connectivity index (χ0n) is 15.9. The third kappa shape index (κ3) is 3.24. The molecule has 146 valence electrons. The lowest BCUT2D eigenvalue weighted by Gasteiger charge is -2.21. The first-order valence-corrected chi connectivity index (χ1v) is 10.8. The van der Waals surface area contributed by atoms with Gasteiger partial charge in [-0.05, 0) is 44.4 Å². The molecule has 6 nitrogen and oxygen atoms in total. The van der Waals surface area contributed by atoms with Crippen molar-refractivity contribution in [2.75, 3.05) is 18.0 Å². The van der Waals surface area contributed by atoms with Crippen LogP contribution < -0.4 is 10.5 Å². The molecule has 4 heterocycles. The Morgan fingerprint density at radius 1 is 1.29 bits per heavy atom. The third-order valence-corrected chi connectivity index (χ3v) is 6.62. The van der Waals surface area contributed by atoms with E-state index in [2.05, 4.69) is 4.90 Å². The predicted octanol–water partition coefficient (Wildman–Crippen LogP) is 3.29. The van der Waals surface area contributed by atoms with Crippen molar-refractivity contribution in [3.05, 3.63) is 45.2 Å².